The second kappa shape index (κ2) is 9.36. The molecular weight excluding hydrogens is 522 g/mol. The van der Waals surface area contributed by atoms with Crippen LogP contribution in [0.1, 0.15) is 51.7 Å². The smallest absolute Gasteiger partial charge is 0.335 e. The van der Waals surface area contributed by atoms with Crippen molar-refractivity contribution in [1.82, 2.24) is 10.1 Å². The van der Waals surface area contributed by atoms with Gasteiger partial charge in [-0.1, -0.05) is 34.4 Å². The first-order valence-electron chi connectivity index (χ1n) is 11.7. The van der Waals surface area contributed by atoms with E-state index in [1.165, 1.54) is 18.2 Å². The number of aryl methyl sites for hydroxylation is 2. The summed E-state index contributed by atoms with van der Waals surface area (Å²) >= 11 is 12.6. The Morgan fingerprint density at radius 1 is 1.08 bits per heavy atom. The van der Waals surface area contributed by atoms with Crippen LogP contribution in [0, 0.1) is 5.82 Å². The lowest BCUT2D eigenvalue weighted by molar-refractivity contribution is 0.0696. The summed E-state index contributed by atoms with van der Waals surface area (Å²) in [5, 5.41) is 13.8. The standard InChI is InChI=1S/C27H19Cl2FN2O5/c28-18-10-16(30)11-19(29)24(18)25-17(26(37-32-25)14-2-3-14)12-35-23-8-7-21-20(31-23)6-5-13-1-4-15(27(33)34)9-22(13)36-21/h1,4,7-11,14H,2-3,5-6,12H2,(H,33,34). The molecule has 188 valence electrons. The largest absolute Gasteiger partial charge is 0.478 e. The zero-order valence-electron chi connectivity index (χ0n) is 19.3. The van der Waals surface area contributed by atoms with Crippen LogP contribution in [0.2, 0.25) is 10.0 Å². The van der Waals surface area contributed by atoms with Crippen molar-refractivity contribution in [2.24, 2.45) is 0 Å². The molecule has 0 unspecified atom stereocenters. The van der Waals surface area contributed by atoms with Gasteiger partial charge in [0.15, 0.2) is 0 Å². The molecule has 0 bridgehead atoms. The number of ether oxygens (including phenoxy) is 2. The molecule has 10 heteroatoms. The van der Waals surface area contributed by atoms with Crippen molar-refractivity contribution < 1.29 is 28.3 Å². The Bertz CT molecular complexity index is 1530. The number of hydrogen-bond acceptors (Lipinski definition) is 6. The highest BCUT2D eigenvalue weighted by Gasteiger charge is 2.34. The van der Waals surface area contributed by atoms with Gasteiger partial charge in [0.05, 0.1) is 26.9 Å². The van der Waals surface area contributed by atoms with Crippen LogP contribution in [-0.4, -0.2) is 21.2 Å². The Labute approximate surface area is 220 Å². The number of rotatable bonds is 6. The third-order valence-electron chi connectivity index (χ3n) is 6.45. The van der Waals surface area contributed by atoms with Gasteiger partial charge in [-0.25, -0.2) is 14.2 Å². The highest BCUT2D eigenvalue weighted by Crippen LogP contribution is 2.46. The quantitative estimate of drug-likeness (QED) is 0.275. The highest BCUT2D eigenvalue weighted by molar-refractivity contribution is 6.39. The molecule has 0 spiro atoms. The van der Waals surface area contributed by atoms with Crippen LogP contribution in [0.4, 0.5) is 4.39 Å². The number of nitrogens with zero attached hydrogens (tertiary/aromatic N) is 2. The summed E-state index contributed by atoms with van der Waals surface area (Å²) in [5.41, 5.74) is 3.26. The Morgan fingerprint density at radius 2 is 1.86 bits per heavy atom. The van der Waals surface area contributed by atoms with Crippen LogP contribution in [0.25, 0.3) is 11.3 Å². The van der Waals surface area contributed by atoms with Gasteiger partial charge >= 0.3 is 5.97 Å². The molecule has 37 heavy (non-hydrogen) atoms. The summed E-state index contributed by atoms with van der Waals surface area (Å²) < 4.78 is 31.5. The lowest BCUT2D eigenvalue weighted by atomic mass is 10.0. The molecule has 1 saturated carbocycles. The van der Waals surface area contributed by atoms with E-state index in [1.54, 1.807) is 24.3 Å². The number of aromatic nitrogens is 2. The molecule has 2 aromatic heterocycles. The van der Waals surface area contributed by atoms with Gasteiger partial charge in [0.1, 0.15) is 35.4 Å². The minimum atomic E-state index is -1.01. The molecule has 1 fully saturated rings. The summed E-state index contributed by atoms with van der Waals surface area (Å²) in [5.74, 6) is 0.812. The molecule has 0 atom stereocenters. The summed E-state index contributed by atoms with van der Waals surface area (Å²) in [6.45, 7) is 0.101. The van der Waals surface area contributed by atoms with Crippen LogP contribution < -0.4 is 9.47 Å². The molecule has 0 saturated heterocycles. The Kier molecular flexibility index (Phi) is 6.01. The summed E-state index contributed by atoms with van der Waals surface area (Å²) in [6, 6.07) is 10.7. The van der Waals surface area contributed by atoms with E-state index >= 15 is 0 Å². The Morgan fingerprint density at radius 3 is 2.59 bits per heavy atom. The zero-order chi connectivity index (χ0) is 25.7. The molecule has 7 nitrogen and oxygen atoms in total. The maximum Gasteiger partial charge on any atom is 0.335 e. The average Bonchev–Trinajstić information content (AvgIpc) is 3.65. The van der Waals surface area contributed by atoms with Crippen molar-refractivity contribution in [3.8, 4) is 28.6 Å². The fraction of sp³-hybridized carbons (Fsp3) is 0.222. The maximum absolute atomic E-state index is 13.8. The van der Waals surface area contributed by atoms with E-state index in [1.807, 2.05) is 0 Å². The fourth-order valence-electron chi connectivity index (χ4n) is 4.42. The summed E-state index contributed by atoms with van der Waals surface area (Å²) in [4.78, 5) is 16.0. The third-order valence-corrected chi connectivity index (χ3v) is 7.04. The first-order chi connectivity index (χ1) is 17.9. The van der Waals surface area contributed by atoms with E-state index < -0.39 is 11.8 Å². The number of carboxylic acids is 1. The Balaban J connectivity index is 1.27. The zero-order valence-corrected chi connectivity index (χ0v) is 20.8. The number of hydrogen-bond donors (Lipinski definition) is 1. The number of carbonyl (C=O) groups is 1. The van der Waals surface area contributed by atoms with Gasteiger partial charge in [-0.15, -0.1) is 0 Å². The van der Waals surface area contributed by atoms with E-state index in [2.05, 4.69) is 10.1 Å². The van der Waals surface area contributed by atoms with Gasteiger partial charge < -0.3 is 19.1 Å². The van der Waals surface area contributed by atoms with Gasteiger partial charge in [0.2, 0.25) is 5.88 Å². The van der Waals surface area contributed by atoms with Gasteiger partial charge in [0.25, 0.3) is 0 Å². The number of pyridine rings is 1. The predicted molar refractivity (Wildman–Crippen MR) is 133 cm³/mol. The van der Waals surface area contributed by atoms with Crippen molar-refractivity contribution in [2.75, 3.05) is 0 Å². The third kappa shape index (κ3) is 4.63. The molecule has 2 aliphatic rings. The van der Waals surface area contributed by atoms with E-state index in [0.717, 1.165) is 18.4 Å². The van der Waals surface area contributed by atoms with E-state index in [4.69, 9.17) is 37.2 Å². The van der Waals surface area contributed by atoms with E-state index in [9.17, 15) is 14.3 Å². The molecule has 3 heterocycles. The van der Waals surface area contributed by atoms with E-state index in [-0.39, 0.29) is 28.1 Å². The summed E-state index contributed by atoms with van der Waals surface area (Å²) in [6.07, 6.45) is 3.19. The number of fused-ring (bicyclic) bond motifs is 2. The van der Waals surface area contributed by atoms with Crippen molar-refractivity contribution in [3.63, 3.8) is 0 Å². The van der Waals surface area contributed by atoms with Crippen LogP contribution >= 0.6 is 23.2 Å². The lowest BCUT2D eigenvalue weighted by Crippen LogP contribution is -2.03. The number of carboxylic acid groups (broad SMARTS) is 1. The molecule has 0 radical (unpaired) electrons. The van der Waals surface area contributed by atoms with Crippen LogP contribution in [0.15, 0.2) is 47.0 Å². The van der Waals surface area contributed by atoms with Gasteiger partial charge in [0, 0.05) is 17.5 Å². The molecule has 2 aromatic carbocycles. The van der Waals surface area contributed by atoms with Crippen LogP contribution in [0.3, 0.4) is 0 Å². The first kappa shape index (κ1) is 23.8. The topological polar surface area (TPSA) is 94.7 Å². The first-order valence-corrected chi connectivity index (χ1v) is 12.4. The monoisotopic (exact) mass is 540 g/mol. The van der Waals surface area contributed by atoms with Gasteiger partial charge in [-0.3, -0.25) is 0 Å². The van der Waals surface area contributed by atoms with Crippen LogP contribution in [0.5, 0.6) is 17.4 Å². The molecule has 4 aromatic rings. The van der Waals surface area contributed by atoms with Crippen molar-refractivity contribution in [3.05, 3.63) is 86.5 Å². The minimum Gasteiger partial charge on any atom is -0.478 e. The van der Waals surface area contributed by atoms with Crippen molar-refractivity contribution >= 4 is 29.2 Å². The molecule has 1 aliphatic carbocycles. The maximum atomic E-state index is 13.8. The number of benzene rings is 2. The van der Waals surface area contributed by atoms with Crippen LogP contribution in [-0.2, 0) is 19.4 Å². The number of aromatic carboxylic acids is 1. The normalized spacial score (nSPS) is 14.4. The second-order valence-corrected chi connectivity index (χ2v) is 9.82. The molecule has 1 aliphatic heterocycles. The minimum absolute atomic E-state index is 0.101. The van der Waals surface area contributed by atoms with Crippen molar-refractivity contribution in [2.45, 2.75) is 38.2 Å². The van der Waals surface area contributed by atoms with Gasteiger partial charge in [-0.05, 0) is 61.6 Å². The molecule has 1 N–H and O–H groups in total. The lowest BCUT2D eigenvalue weighted by Gasteiger charge is -2.12. The molecular formula is C27H19Cl2FN2O5. The molecule has 0 amide bonds. The SMILES string of the molecule is O=C(O)c1ccc2c(c1)Oc1ccc(OCc3c(-c4c(Cl)cc(F)cc4Cl)noc3C3CC3)nc1CC2. The van der Waals surface area contributed by atoms with Crippen molar-refractivity contribution in [1.29, 1.82) is 0 Å². The second-order valence-electron chi connectivity index (χ2n) is 9.01. The number of halogens is 3. The highest BCUT2D eigenvalue weighted by atomic mass is 35.5. The Hall–Kier alpha value is -3.62. The average molecular weight is 541 g/mol. The van der Waals surface area contributed by atoms with Gasteiger partial charge in [-0.2, -0.15) is 0 Å². The fourth-order valence-corrected chi connectivity index (χ4v) is 5.06. The predicted octanol–water partition coefficient (Wildman–Crippen LogP) is 7.23. The summed E-state index contributed by atoms with van der Waals surface area (Å²) in [7, 11) is 0. The van der Waals surface area contributed by atoms with E-state index in [0.29, 0.717) is 58.5 Å². The molecule has 6 rings (SSSR count).